The first kappa shape index (κ1) is 59.4. The minimum absolute atomic E-state index is 0.0148. The fourth-order valence-electron chi connectivity index (χ4n) is 9.50. The number of nitrogens with one attached hydrogen (secondary N) is 2. The lowest BCUT2D eigenvalue weighted by Gasteiger charge is -2.41. The molecule has 0 radical (unpaired) electrons. The number of quaternary nitrogens is 1. The van der Waals surface area contributed by atoms with Gasteiger partial charge in [-0.1, -0.05) is 24.3 Å². The number of aliphatic hydroxyl groups excluding tert-OH is 3. The normalized spacial score (nSPS) is 19.4. The highest BCUT2D eigenvalue weighted by Crippen LogP contribution is 2.36. The van der Waals surface area contributed by atoms with Gasteiger partial charge >= 0.3 is 5.97 Å². The van der Waals surface area contributed by atoms with Gasteiger partial charge in [0.1, 0.15) is 61.5 Å². The highest BCUT2D eigenvalue weighted by atomic mass is 16.7. The van der Waals surface area contributed by atoms with Crippen molar-refractivity contribution in [2.24, 2.45) is 0 Å². The summed E-state index contributed by atoms with van der Waals surface area (Å²) in [5.41, 5.74) is 7.06. The van der Waals surface area contributed by atoms with Crippen molar-refractivity contribution in [2.45, 2.75) is 63.4 Å². The van der Waals surface area contributed by atoms with Crippen molar-refractivity contribution in [3.63, 3.8) is 0 Å². The third kappa shape index (κ3) is 15.7. The highest BCUT2D eigenvalue weighted by molar-refractivity contribution is 6.12. The Bertz CT molecular complexity index is 3230. The topological polar surface area (TPSA) is 318 Å². The molecule has 0 saturated carbocycles. The quantitative estimate of drug-likeness (QED) is 0.0245. The number of hydrogen-bond donors (Lipinski definition) is 6. The Morgan fingerprint density at radius 3 is 2.23 bits per heavy atom. The van der Waals surface area contributed by atoms with E-state index in [0.717, 1.165) is 49.9 Å². The predicted molar refractivity (Wildman–Crippen MR) is 296 cm³/mol. The first-order valence-corrected chi connectivity index (χ1v) is 27.1. The maximum atomic E-state index is 13.6. The van der Waals surface area contributed by atoms with Gasteiger partial charge in [0.05, 0.1) is 76.5 Å². The zero-order valence-electron chi connectivity index (χ0n) is 45.5. The number of hydrogen-bond acceptors (Lipinski definition) is 19. The second-order valence-electron chi connectivity index (χ2n) is 19.9. The molecule has 3 aromatic heterocycles. The molecular weight excluding hydrogens is 1080 g/mol. The standard InChI is InChI=1S/C58H64N10O15/c1-37-5-9-41(34-61-37)56-62-36-67(65-56)42-10-6-38(7-11-42)32-47-59-18-15-44(63-47)40-3-2-4-43(33-40)68(21-25-80-26-22-68)35-39-8-12-46(82-58-54(75)52(73)53(74)55(83-58)57(76)77)45(31-39)64-49(70)16-19-60-48(69)17-23-78-27-29-81-30-28-79-24-20-66-50(71)13-14-51(66)72/h2-15,18,31,33-34,36,52-55,58,73-75H,16-17,19-30,32,35H2,1H3,(H2-,60,64,69,70,76,77)/p+1/t52-,53-,54+,55-,58+/m0/s1. The van der Waals surface area contributed by atoms with Crippen molar-refractivity contribution in [3.8, 4) is 34.1 Å². The minimum atomic E-state index is -1.95. The third-order valence-electron chi connectivity index (χ3n) is 14.1. The third-order valence-corrected chi connectivity index (χ3v) is 14.1. The molecule has 83 heavy (non-hydrogen) atoms. The summed E-state index contributed by atoms with van der Waals surface area (Å²) in [5.74, 6) is -2.04. The first-order chi connectivity index (χ1) is 40.2. The van der Waals surface area contributed by atoms with Crippen LogP contribution in [0.4, 0.5) is 11.4 Å². The molecule has 9 rings (SSSR count). The van der Waals surface area contributed by atoms with Gasteiger partial charge in [0, 0.05) is 78.8 Å². The number of aryl methyl sites for hydroxylation is 1. The molecule has 3 aromatic carbocycles. The van der Waals surface area contributed by atoms with E-state index in [1.54, 1.807) is 35.5 Å². The van der Waals surface area contributed by atoms with Crippen LogP contribution < -0.4 is 19.9 Å². The zero-order chi connectivity index (χ0) is 58.3. The van der Waals surface area contributed by atoms with Crippen molar-refractivity contribution in [1.29, 1.82) is 0 Å². The molecule has 0 aliphatic carbocycles. The van der Waals surface area contributed by atoms with Crippen LogP contribution in [0.3, 0.4) is 0 Å². The molecular formula is C58H65N10O15+. The van der Waals surface area contributed by atoms with Crippen LogP contribution in [0.15, 0.2) is 116 Å². The van der Waals surface area contributed by atoms with Crippen molar-refractivity contribution >= 4 is 41.0 Å². The lowest BCUT2D eigenvalue weighted by atomic mass is 9.99. The van der Waals surface area contributed by atoms with E-state index >= 15 is 0 Å². The van der Waals surface area contributed by atoms with Crippen molar-refractivity contribution < 1.29 is 72.8 Å². The second-order valence-corrected chi connectivity index (χ2v) is 19.9. The monoisotopic (exact) mass is 1140 g/mol. The maximum Gasteiger partial charge on any atom is 0.335 e. The van der Waals surface area contributed by atoms with Crippen molar-refractivity contribution in [2.75, 3.05) is 84.4 Å². The van der Waals surface area contributed by atoms with Gasteiger partial charge in [-0.25, -0.2) is 24.4 Å². The van der Waals surface area contributed by atoms with Gasteiger partial charge in [0.25, 0.3) is 11.8 Å². The van der Waals surface area contributed by atoms with E-state index < -0.39 is 42.6 Å². The van der Waals surface area contributed by atoms with Gasteiger partial charge in [-0.15, -0.1) is 5.10 Å². The van der Waals surface area contributed by atoms with Gasteiger partial charge in [0.15, 0.2) is 11.9 Å². The Labute approximate surface area is 477 Å². The second kappa shape index (κ2) is 28.2. The van der Waals surface area contributed by atoms with Crippen LogP contribution in [-0.4, -0.2) is 194 Å². The van der Waals surface area contributed by atoms with E-state index in [-0.39, 0.29) is 94.7 Å². The number of aromatic nitrogens is 6. The number of nitrogens with zero attached hydrogens (tertiary/aromatic N) is 8. The highest BCUT2D eigenvalue weighted by Gasteiger charge is 2.48. The summed E-state index contributed by atoms with van der Waals surface area (Å²) in [6.45, 7) is 5.81. The summed E-state index contributed by atoms with van der Waals surface area (Å²) in [6.07, 6.45) is -1.52. The van der Waals surface area contributed by atoms with Crippen LogP contribution in [0.25, 0.3) is 28.3 Å². The molecule has 25 heteroatoms. The summed E-state index contributed by atoms with van der Waals surface area (Å²) >= 11 is 0. The molecule has 0 unspecified atom stereocenters. The number of carbonyl (C=O) groups excluding carboxylic acids is 4. The van der Waals surface area contributed by atoms with Crippen LogP contribution in [0, 0.1) is 6.92 Å². The molecule has 0 bridgehead atoms. The number of amides is 4. The number of anilines is 1. The SMILES string of the molecule is Cc1ccc(-c2ncn(-c3ccc(Cc4nccc(-c5cccc([N+]6(Cc7ccc(O[C@@H]8O[C@H](C(=O)O)[C@@H](O)[C@H](O)[C@H]8O)c(NC(=O)CCNC(=O)CCOCCOCCOCCN8C(=O)C=CC8=O)c7)CCOCC6)c5)n4)cc3)n2)cn1. The number of ether oxygens (including phenoxy) is 6. The molecule has 6 heterocycles. The molecule has 3 aliphatic rings. The van der Waals surface area contributed by atoms with Gasteiger partial charge < -0.3 is 59.5 Å². The first-order valence-electron chi connectivity index (χ1n) is 27.1. The van der Waals surface area contributed by atoms with Gasteiger partial charge in [-0.3, -0.25) is 33.5 Å². The van der Waals surface area contributed by atoms with E-state index in [2.05, 4.69) is 42.8 Å². The Morgan fingerprint density at radius 2 is 1.49 bits per heavy atom. The predicted octanol–water partition coefficient (Wildman–Crippen LogP) is 2.30. The number of rotatable bonds is 27. The lowest BCUT2D eigenvalue weighted by Crippen LogP contribution is -2.61. The maximum absolute atomic E-state index is 13.6. The molecule has 2 saturated heterocycles. The summed E-state index contributed by atoms with van der Waals surface area (Å²) < 4.78 is 35.8. The van der Waals surface area contributed by atoms with E-state index in [9.17, 15) is 44.4 Å². The molecule has 3 aliphatic heterocycles. The molecule has 436 valence electrons. The number of morpholine rings is 1. The van der Waals surface area contributed by atoms with Crippen LogP contribution in [0.1, 0.15) is 35.5 Å². The van der Waals surface area contributed by atoms with Crippen LogP contribution >= 0.6 is 0 Å². The van der Waals surface area contributed by atoms with Gasteiger partial charge in [0.2, 0.25) is 18.1 Å². The number of aliphatic hydroxyl groups is 3. The average Bonchev–Trinajstić information content (AvgIpc) is 4.30. The van der Waals surface area contributed by atoms with E-state index in [0.29, 0.717) is 55.4 Å². The minimum Gasteiger partial charge on any atom is -0.479 e. The van der Waals surface area contributed by atoms with Crippen LogP contribution in [-0.2, 0) is 60.6 Å². The molecule has 4 amide bonds. The Morgan fingerprint density at radius 1 is 0.759 bits per heavy atom. The van der Waals surface area contributed by atoms with E-state index in [1.165, 1.54) is 18.2 Å². The summed E-state index contributed by atoms with van der Waals surface area (Å²) in [7, 11) is 0. The number of carboxylic acids is 1. The van der Waals surface area contributed by atoms with Crippen LogP contribution in [0.5, 0.6) is 5.75 Å². The molecule has 5 atom stereocenters. The largest absolute Gasteiger partial charge is 0.479 e. The zero-order valence-corrected chi connectivity index (χ0v) is 45.5. The summed E-state index contributed by atoms with van der Waals surface area (Å²) in [4.78, 5) is 80.9. The lowest BCUT2D eigenvalue weighted by molar-refractivity contribution is -0.271. The molecule has 6 N–H and O–H groups in total. The summed E-state index contributed by atoms with van der Waals surface area (Å²) in [6, 6.07) is 26.8. The number of carboxylic acid groups (broad SMARTS) is 1. The fraction of sp³-hybridized carbons (Fsp3) is 0.379. The number of carbonyl (C=O) groups is 5. The number of benzene rings is 3. The number of imide groups is 1. The Hall–Kier alpha value is -8.24. The van der Waals surface area contributed by atoms with E-state index in [1.807, 2.05) is 61.5 Å². The van der Waals surface area contributed by atoms with Crippen molar-refractivity contribution in [1.82, 2.24) is 44.4 Å². The Kier molecular flexibility index (Phi) is 20.1. The molecule has 6 aromatic rings. The number of aliphatic carboxylic acids is 1. The van der Waals surface area contributed by atoms with Gasteiger partial charge in [-0.05, 0) is 67.1 Å². The smallest absolute Gasteiger partial charge is 0.335 e. The van der Waals surface area contributed by atoms with Crippen LogP contribution in [0.2, 0.25) is 0 Å². The van der Waals surface area contributed by atoms with Crippen molar-refractivity contribution in [3.05, 3.63) is 138 Å². The Balaban J connectivity index is 0.820. The van der Waals surface area contributed by atoms with E-state index in [4.69, 9.17) is 33.4 Å². The molecule has 25 nitrogen and oxygen atoms in total. The van der Waals surface area contributed by atoms with Gasteiger partial charge in [-0.2, -0.15) is 0 Å². The average molecular weight is 1140 g/mol. The summed E-state index contributed by atoms with van der Waals surface area (Å²) in [5, 5.41) is 51.6. The fourth-order valence-corrected chi connectivity index (χ4v) is 9.50. The number of pyridine rings is 1. The molecule has 2 fully saturated rings. The molecule has 0 spiro atoms.